The molecule has 0 radical (unpaired) electrons. The molecular weight excluding hydrogens is 228 g/mol. The molecule has 0 bridgehead atoms. The van der Waals surface area contributed by atoms with E-state index in [1.165, 1.54) is 11.3 Å². The van der Waals surface area contributed by atoms with E-state index in [1.807, 2.05) is 13.8 Å². The van der Waals surface area contributed by atoms with Crippen molar-refractivity contribution in [3.8, 4) is 0 Å². The molecule has 1 aromatic rings. The van der Waals surface area contributed by atoms with Crippen LogP contribution in [0.5, 0.6) is 0 Å². The molecule has 86 valence electrons. The first kappa shape index (κ1) is 11.1. The minimum absolute atomic E-state index is 0.0520. The first-order chi connectivity index (χ1) is 7.49. The number of thiazole rings is 1. The predicted molar refractivity (Wildman–Crippen MR) is 58.2 cm³/mol. The molecule has 2 atom stereocenters. The van der Waals surface area contributed by atoms with Crippen molar-refractivity contribution in [1.29, 1.82) is 0 Å². The van der Waals surface area contributed by atoms with E-state index in [4.69, 9.17) is 5.11 Å². The fraction of sp³-hybridized carbons (Fsp3) is 0.500. The largest absolute Gasteiger partial charge is 0.481 e. The first-order valence-electron chi connectivity index (χ1n) is 4.95. The highest BCUT2D eigenvalue weighted by molar-refractivity contribution is 7.11. The Morgan fingerprint density at radius 3 is 2.75 bits per heavy atom. The number of carbonyl (C=O) groups is 2. The first-order valence-corrected chi connectivity index (χ1v) is 5.76. The minimum Gasteiger partial charge on any atom is -0.481 e. The van der Waals surface area contributed by atoms with Gasteiger partial charge in [0.1, 0.15) is 0 Å². The third-order valence-electron chi connectivity index (χ3n) is 2.66. The molecular formula is C10H12N2O3S. The lowest BCUT2D eigenvalue weighted by atomic mass is 9.99. The minimum atomic E-state index is -0.936. The fourth-order valence-corrected chi connectivity index (χ4v) is 3.01. The van der Waals surface area contributed by atoms with E-state index in [2.05, 4.69) is 10.3 Å². The standard InChI is InChI=1S/C10H12N2O3S/c1-4-9(16-5(2)11-4)8-6(10(14)15)3-7(13)12-8/h6,8H,3H2,1-2H3,(H,12,13)(H,14,15). The van der Waals surface area contributed by atoms with Gasteiger partial charge in [-0.3, -0.25) is 9.59 Å². The highest BCUT2D eigenvalue weighted by atomic mass is 32.1. The van der Waals surface area contributed by atoms with Crippen molar-refractivity contribution in [2.24, 2.45) is 5.92 Å². The SMILES string of the molecule is Cc1nc(C)c(C2NC(=O)CC2C(=O)O)s1. The summed E-state index contributed by atoms with van der Waals surface area (Å²) in [5, 5.41) is 12.6. The summed E-state index contributed by atoms with van der Waals surface area (Å²) in [5.74, 6) is -1.82. The maximum atomic E-state index is 11.3. The molecule has 0 saturated carbocycles. The van der Waals surface area contributed by atoms with Gasteiger partial charge in [0.15, 0.2) is 0 Å². The normalized spacial score (nSPS) is 24.5. The number of carboxylic acid groups (broad SMARTS) is 1. The number of amides is 1. The van der Waals surface area contributed by atoms with Crippen LogP contribution in [0.3, 0.4) is 0 Å². The molecule has 1 aliphatic rings. The molecule has 1 aliphatic heterocycles. The molecule has 0 aromatic carbocycles. The number of nitrogens with one attached hydrogen (secondary N) is 1. The van der Waals surface area contributed by atoms with Crippen LogP contribution in [0, 0.1) is 19.8 Å². The summed E-state index contributed by atoms with van der Waals surface area (Å²) in [6.45, 7) is 3.70. The van der Waals surface area contributed by atoms with Crippen LogP contribution >= 0.6 is 11.3 Å². The van der Waals surface area contributed by atoms with Crippen LogP contribution in [-0.4, -0.2) is 22.0 Å². The Morgan fingerprint density at radius 1 is 1.56 bits per heavy atom. The molecule has 1 saturated heterocycles. The number of aromatic nitrogens is 1. The smallest absolute Gasteiger partial charge is 0.309 e. The van der Waals surface area contributed by atoms with Gasteiger partial charge < -0.3 is 10.4 Å². The summed E-state index contributed by atoms with van der Waals surface area (Å²) in [7, 11) is 0. The Hall–Kier alpha value is -1.43. The van der Waals surface area contributed by atoms with Crippen LogP contribution in [0.1, 0.15) is 28.0 Å². The van der Waals surface area contributed by atoms with Gasteiger partial charge in [-0.15, -0.1) is 11.3 Å². The van der Waals surface area contributed by atoms with Crippen LogP contribution in [0.25, 0.3) is 0 Å². The lowest BCUT2D eigenvalue weighted by molar-refractivity contribution is -0.142. The molecule has 0 spiro atoms. The summed E-state index contributed by atoms with van der Waals surface area (Å²) in [6, 6.07) is -0.420. The van der Waals surface area contributed by atoms with Crippen LogP contribution in [0.4, 0.5) is 0 Å². The number of rotatable bonds is 2. The van der Waals surface area contributed by atoms with Crippen molar-refractivity contribution in [1.82, 2.24) is 10.3 Å². The van der Waals surface area contributed by atoms with Gasteiger partial charge in [0.05, 0.1) is 27.5 Å². The maximum Gasteiger partial charge on any atom is 0.309 e. The molecule has 16 heavy (non-hydrogen) atoms. The zero-order chi connectivity index (χ0) is 11.9. The molecule has 6 heteroatoms. The Balaban J connectivity index is 2.35. The second kappa shape index (κ2) is 3.86. The van der Waals surface area contributed by atoms with Crippen LogP contribution < -0.4 is 5.32 Å². The van der Waals surface area contributed by atoms with Crippen LogP contribution in [0.2, 0.25) is 0 Å². The average molecular weight is 240 g/mol. The maximum absolute atomic E-state index is 11.3. The second-order valence-corrected chi connectivity index (χ2v) is 5.11. The molecule has 2 heterocycles. The van der Waals surface area contributed by atoms with Gasteiger partial charge in [0.2, 0.25) is 5.91 Å². The van der Waals surface area contributed by atoms with E-state index in [-0.39, 0.29) is 12.3 Å². The van der Waals surface area contributed by atoms with Crippen LogP contribution in [0.15, 0.2) is 0 Å². The summed E-state index contributed by atoms with van der Waals surface area (Å²) >= 11 is 1.45. The van der Waals surface area contributed by atoms with Crippen molar-refractivity contribution < 1.29 is 14.7 Å². The Labute approximate surface area is 96.5 Å². The number of hydrogen-bond donors (Lipinski definition) is 2. The monoisotopic (exact) mass is 240 g/mol. The number of nitrogens with zero attached hydrogens (tertiary/aromatic N) is 1. The Morgan fingerprint density at radius 2 is 2.25 bits per heavy atom. The second-order valence-electron chi connectivity index (χ2n) is 3.88. The van der Waals surface area contributed by atoms with Gasteiger partial charge in [0.25, 0.3) is 0 Å². The topological polar surface area (TPSA) is 79.3 Å². The van der Waals surface area contributed by atoms with Crippen molar-refractivity contribution in [3.63, 3.8) is 0 Å². The zero-order valence-electron chi connectivity index (χ0n) is 8.98. The number of aryl methyl sites for hydroxylation is 2. The van der Waals surface area contributed by atoms with E-state index in [0.29, 0.717) is 0 Å². The van der Waals surface area contributed by atoms with Gasteiger partial charge in [-0.2, -0.15) is 0 Å². The van der Waals surface area contributed by atoms with E-state index in [1.54, 1.807) is 0 Å². The lowest BCUT2D eigenvalue weighted by Gasteiger charge is -2.13. The summed E-state index contributed by atoms with van der Waals surface area (Å²) in [6.07, 6.45) is 0.0520. The van der Waals surface area contributed by atoms with E-state index < -0.39 is 17.9 Å². The van der Waals surface area contributed by atoms with Gasteiger partial charge in [-0.1, -0.05) is 0 Å². The van der Waals surface area contributed by atoms with Gasteiger partial charge in [-0.25, -0.2) is 4.98 Å². The quantitative estimate of drug-likeness (QED) is 0.809. The van der Waals surface area contributed by atoms with E-state index in [0.717, 1.165) is 15.6 Å². The molecule has 1 amide bonds. The fourth-order valence-electron chi connectivity index (χ4n) is 1.96. The summed E-state index contributed by atoms with van der Waals surface area (Å²) in [4.78, 5) is 27.4. The number of carbonyl (C=O) groups excluding carboxylic acids is 1. The van der Waals surface area contributed by atoms with Gasteiger partial charge in [-0.05, 0) is 13.8 Å². The number of hydrogen-bond acceptors (Lipinski definition) is 4. The Kier molecular flexibility index (Phi) is 2.67. The Bertz CT molecular complexity index is 455. The highest BCUT2D eigenvalue weighted by Gasteiger charge is 2.40. The zero-order valence-corrected chi connectivity index (χ0v) is 9.80. The molecule has 0 aliphatic carbocycles. The van der Waals surface area contributed by atoms with E-state index in [9.17, 15) is 9.59 Å². The van der Waals surface area contributed by atoms with Crippen molar-refractivity contribution in [2.75, 3.05) is 0 Å². The average Bonchev–Trinajstić information content (AvgIpc) is 2.69. The molecule has 2 unspecified atom stereocenters. The number of carboxylic acids is 1. The summed E-state index contributed by atoms with van der Waals surface area (Å²) < 4.78 is 0. The van der Waals surface area contributed by atoms with Crippen molar-refractivity contribution in [3.05, 3.63) is 15.6 Å². The van der Waals surface area contributed by atoms with Crippen LogP contribution in [-0.2, 0) is 9.59 Å². The van der Waals surface area contributed by atoms with E-state index >= 15 is 0 Å². The summed E-state index contributed by atoms with van der Waals surface area (Å²) in [5.41, 5.74) is 0.806. The molecule has 1 fully saturated rings. The molecule has 2 N–H and O–H groups in total. The third kappa shape index (κ3) is 1.80. The van der Waals surface area contributed by atoms with Gasteiger partial charge in [0, 0.05) is 6.42 Å². The molecule has 2 rings (SSSR count). The predicted octanol–water partition coefficient (Wildman–Crippen LogP) is 1.02. The van der Waals surface area contributed by atoms with Crippen molar-refractivity contribution in [2.45, 2.75) is 26.3 Å². The van der Waals surface area contributed by atoms with Gasteiger partial charge >= 0.3 is 5.97 Å². The number of aliphatic carboxylic acids is 1. The third-order valence-corrected chi connectivity index (χ3v) is 3.82. The lowest BCUT2D eigenvalue weighted by Crippen LogP contribution is -2.24. The van der Waals surface area contributed by atoms with Crippen molar-refractivity contribution >= 4 is 23.2 Å². The molecule has 1 aromatic heterocycles. The molecule has 5 nitrogen and oxygen atoms in total. The highest BCUT2D eigenvalue weighted by Crippen LogP contribution is 2.35.